The standard InChI is InChI=1S/C25H27N5O3/c1-16-20-7-8-26-23(20)27-13-21(16)17-11-22-24(28-12-17)30(18-5-3-2-4-6-18)25(31)29(22)14-19-15-32-9-10-33-19/h5,7-8,11-13,19H,2-4,6,9-10,14-15H2,1H3,(H,26,27)/t19-/m0/s1. The number of aryl methyl sites for hydroxylation is 1. The fourth-order valence-corrected chi connectivity index (χ4v) is 5.02. The van der Waals surface area contributed by atoms with Crippen LogP contribution in [0.25, 0.3) is 39.0 Å². The molecule has 0 bridgehead atoms. The molecule has 1 aliphatic heterocycles. The number of ether oxygens (including phenoxy) is 2. The number of fused-ring (bicyclic) bond motifs is 2. The molecule has 1 aliphatic carbocycles. The molecule has 1 saturated heterocycles. The Balaban J connectivity index is 1.52. The van der Waals surface area contributed by atoms with Crippen molar-refractivity contribution >= 4 is 27.9 Å². The van der Waals surface area contributed by atoms with E-state index in [9.17, 15) is 4.79 Å². The highest BCUT2D eigenvalue weighted by Gasteiger charge is 2.23. The Morgan fingerprint density at radius 1 is 1.21 bits per heavy atom. The van der Waals surface area contributed by atoms with Gasteiger partial charge in [-0.3, -0.25) is 4.57 Å². The van der Waals surface area contributed by atoms with Gasteiger partial charge in [0.2, 0.25) is 0 Å². The van der Waals surface area contributed by atoms with Gasteiger partial charge < -0.3 is 14.5 Å². The molecule has 0 radical (unpaired) electrons. The first-order valence-electron chi connectivity index (χ1n) is 11.6. The fraction of sp³-hybridized carbons (Fsp3) is 0.400. The van der Waals surface area contributed by atoms with Gasteiger partial charge in [-0.25, -0.2) is 19.3 Å². The Kier molecular flexibility index (Phi) is 5.11. The summed E-state index contributed by atoms with van der Waals surface area (Å²) in [4.78, 5) is 26.2. The van der Waals surface area contributed by atoms with Gasteiger partial charge in [0.25, 0.3) is 0 Å². The van der Waals surface area contributed by atoms with Gasteiger partial charge in [-0.2, -0.15) is 0 Å². The lowest BCUT2D eigenvalue weighted by molar-refractivity contribution is -0.0935. The molecule has 0 aromatic carbocycles. The molecular weight excluding hydrogens is 418 g/mol. The van der Waals surface area contributed by atoms with Crippen LogP contribution in [0.3, 0.4) is 0 Å². The van der Waals surface area contributed by atoms with E-state index in [0.717, 1.165) is 64.6 Å². The van der Waals surface area contributed by atoms with Crippen LogP contribution >= 0.6 is 0 Å². The first kappa shape index (κ1) is 20.4. The molecule has 0 spiro atoms. The summed E-state index contributed by atoms with van der Waals surface area (Å²) in [6.07, 6.45) is 11.8. The van der Waals surface area contributed by atoms with Crippen molar-refractivity contribution in [3.63, 3.8) is 0 Å². The topological polar surface area (TPSA) is 87.0 Å². The Labute approximate surface area is 190 Å². The zero-order valence-corrected chi connectivity index (χ0v) is 18.7. The van der Waals surface area contributed by atoms with Crippen molar-refractivity contribution < 1.29 is 9.47 Å². The van der Waals surface area contributed by atoms with Crippen molar-refractivity contribution in [1.29, 1.82) is 0 Å². The number of aromatic amines is 1. The first-order valence-corrected chi connectivity index (χ1v) is 11.6. The number of hydrogen-bond donors (Lipinski definition) is 1. The zero-order chi connectivity index (χ0) is 22.4. The monoisotopic (exact) mass is 445 g/mol. The summed E-state index contributed by atoms with van der Waals surface area (Å²) < 4.78 is 15.1. The van der Waals surface area contributed by atoms with E-state index < -0.39 is 0 Å². The highest BCUT2D eigenvalue weighted by atomic mass is 16.6. The molecule has 8 heteroatoms. The van der Waals surface area contributed by atoms with Gasteiger partial charge >= 0.3 is 5.69 Å². The Morgan fingerprint density at radius 3 is 2.97 bits per heavy atom. The zero-order valence-electron chi connectivity index (χ0n) is 18.7. The van der Waals surface area contributed by atoms with E-state index in [0.29, 0.717) is 32.0 Å². The number of aromatic nitrogens is 5. The molecule has 5 heterocycles. The van der Waals surface area contributed by atoms with Gasteiger partial charge in [-0.1, -0.05) is 6.08 Å². The summed E-state index contributed by atoms with van der Waals surface area (Å²) in [6, 6.07) is 4.10. The van der Waals surface area contributed by atoms with E-state index in [-0.39, 0.29) is 11.8 Å². The predicted octanol–water partition coefficient (Wildman–Crippen LogP) is 3.88. The molecule has 6 rings (SSSR count). The normalized spacial score (nSPS) is 19.3. The van der Waals surface area contributed by atoms with Crippen molar-refractivity contribution in [3.8, 4) is 11.1 Å². The lowest BCUT2D eigenvalue weighted by atomic mass is 10.0. The SMILES string of the molecule is Cc1c(-c2cnc3c(c2)n(C[C@H]2COCCO2)c(=O)n3C2=CCCCC2)cnc2[nH]ccc12. The van der Waals surface area contributed by atoms with Crippen LogP contribution in [0.4, 0.5) is 0 Å². The Morgan fingerprint density at radius 2 is 2.15 bits per heavy atom. The molecule has 4 aromatic rings. The molecule has 1 fully saturated rings. The van der Waals surface area contributed by atoms with Crippen molar-refractivity contribution in [2.75, 3.05) is 19.8 Å². The second-order valence-electron chi connectivity index (χ2n) is 8.84. The number of rotatable bonds is 4. The molecule has 8 nitrogen and oxygen atoms in total. The lowest BCUT2D eigenvalue weighted by Crippen LogP contribution is -2.36. The molecule has 4 aromatic heterocycles. The van der Waals surface area contributed by atoms with Crippen LogP contribution in [0, 0.1) is 6.92 Å². The van der Waals surface area contributed by atoms with Crippen LogP contribution in [0.15, 0.2) is 41.6 Å². The minimum atomic E-state index is -0.154. The summed E-state index contributed by atoms with van der Waals surface area (Å²) in [5.41, 5.74) is 6.45. The minimum absolute atomic E-state index is 0.0621. The number of allylic oxidation sites excluding steroid dienone is 2. The maximum atomic E-state index is 13.6. The number of imidazole rings is 1. The van der Waals surface area contributed by atoms with Crippen molar-refractivity contribution in [2.24, 2.45) is 0 Å². The predicted molar refractivity (Wildman–Crippen MR) is 127 cm³/mol. The number of pyridine rings is 2. The summed E-state index contributed by atoms with van der Waals surface area (Å²) in [7, 11) is 0. The van der Waals surface area contributed by atoms with Crippen LogP contribution in [-0.2, 0) is 16.0 Å². The second kappa shape index (κ2) is 8.28. The third-order valence-corrected chi connectivity index (χ3v) is 6.76. The molecule has 33 heavy (non-hydrogen) atoms. The fourth-order valence-electron chi connectivity index (χ4n) is 5.02. The number of H-pyrrole nitrogens is 1. The van der Waals surface area contributed by atoms with Gasteiger partial charge in [-0.05, 0) is 50.3 Å². The summed E-state index contributed by atoms with van der Waals surface area (Å²) in [5.74, 6) is 0. The summed E-state index contributed by atoms with van der Waals surface area (Å²) in [6.45, 7) is 4.17. The third kappa shape index (κ3) is 3.50. The van der Waals surface area contributed by atoms with Crippen LogP contribution in [0.2, 0.25) is 0 Å². The van der Waals surface area contributed by atoms with Crippen LogP contribution in [0.1, 0.15) is 31.2 Å². The highest BCUT2D eigenvalue weighted by molar-refractivity contribution is 5.88. The Bertz CT molecular complexity index is 1420. The molecule has 0 amide bonds. The van der Waals surface area contributed by atoms with Crippen LogP contribution < -0.4 is 5.69 Å². The molecular formula is C25H27N5O3. The van der Waals surface area contributed by atoms with Gasteiger partial charge in [0.1, 0.15) is 5.65 Å². The van der Waals surface area contributed by atoms with Crippen molar-refractivity contribution in [2.45, 2.75) is 45.3 Å². The molecule has 170 valence electrons. The molecule has 0 unspecified atom stereocenters. The number of hydrogen-bond acceptors (Lipinski definition) is 5. The highest BCUT2D eigenvalue weighted by Crippen LogP contribution is 2.30. The van der Waals surface area contributed by atoms with Crippen LogP contribution in [-0.4, -0.2) is 50.0 Å². The molecule has 1 atom stereocenters. The van der Waals surface area contributed by atoms with E-state index in [2.05, 4.69) is 29.0 Å². The summed E-state index contributed by atoms with van der Waals surface area (Å²) in [5, 5.41) is 1.09. The quantitative estimate of drug-likeness (QED) is 0.515. The smallest absolute Gasteiger partial charge is 0.334 e. The maximum Gasteiger partial charge on any atom is 0.334 e. The first-order chi connectivity index (χ1) is 16.2. The van der Waals surface area contributed by atoms with Gasteiger partial charge in [-0.15, -0.1) is 0 Å². The Hall–Kier alpha value is -3.23. The largest absolute Gasteiger partial charge is 0.376 e. The number of nitrogens with zero attached hydrogens (tertiary/aromatic N) is 4. The minimum Gasteiger partial charge on any atom is -0.376 e. The van der Waals surface area contributed by atoms with E-state index in [1.165, 1.54) is 0 Å². The van der Waals surface area contributed by atoms with E-state index in [1.54, 1.807) is 9.13 Å². The summed E-state index contributed by atoms with van der Waals surface area (Å²) >= 11 is 0. The van der Waals surface area contributed by atoms with E-state index in [4.69, 9.17) is 14.5 Å². The van der Waals surface area contributed by atoms with Gasteiger partial charge in [0.05, 0.1) is 38.0 Å². The van der Waals surface area contributed by atoms with Crippen molar-refractivity contribution in [1.82, 2.24) is 24.1 Å². The van der Waals surface area contributed by atoms with Crippen LogP contribution in [0.5, 0.6) is 0 Å². The number of nitrogens with one attached hydrogen (secondary N) is 1. The second-order valence-corrected chi connectivity index (χ2v) is 8.84. The van der Waals surface area contributed by atoms with Crippen molar-refractivity contribution in [3.05, 3.63) is 52.8 Å². The third-order valence-electron chi connectivity index (χ3n) is 6.76. The molecule has 2 aliphatic rings. The average Bonchev–Trinajstić information content (AvgIpc) is 3.44. The molecule has 0 saturated carbocycles. The van der Waals surface area contributed by atoms with Gasteiger partial charge in [0.15, 0.2) is 5.65 Å². The average molecular weight is 446 g/mol. The van der Waals surface area contributed by atoms with E-state index in [1.807, 2.05) is 24.7 Å². The molecule has 1 N–H and O–H groups in total. The van der Waals surface area contributed by atoms with Gasteiger partial charge in [0, 0.05) is 40.8 Å². The maximum absolute atomic E-state index is 13.6. The lowest BCUT2D eigenvalue weighted by Gasteiger charge is -2.23. The van der Waals surface area contributed by atoms with E-state index >= 15 is 0 Å².